The summed E-state index contributed by atoms with van der Waals surface area (Å²) in [6.45, 7) is 3.34. The van der Waals surface area contributed by atoms with Gasteiger partial charge in [-0.3, -0.25) is 9.59 Å². The molecule has 29 heavy (non-hydrogen) atoms. The summed E-state index contributed by atoms with van der Waals surface area (Å²) in [6.07, 6.45) is 0. The predicted octanol–water partition coefficient (Wildman–Crippen LogP) is 2.98. The number of methoxy groups -OCH3 is 1. The maximum atomic E-state index is 12.7. The monoisotopic (exact) mass is 436 g/mol. The fourth-order valence-corrected chi connectivity index (χ4v) is 5.50. The average Bonchev–Trinajstić information content (AvgIpc) is 2.83. The summed E-state index contributed by atoms with van der Waals surface area (Å²) < 4.78 is 31.0. The van der Waals surface area contributed by atoms with E-state index in [0.717, 1.165) is 9.87 Å². The van der Waals surface area contributed by atoms with E-state index in [1.54, 1.807) is 19.9 Å². The number of sulfonamides is 1. The molecule has 7 nitrogen and oxygen atoms in total. The number of hydrogen-bond acceptors (Lipinski definition) is 5. The molecule has 0 bridgehead atoms. The molecule has 0 saturated carbocycles. The zero-order valence-corrected chi connectivity index (χ0v) is 17.8. The minimum Gasteiger partial charge on any atom is -0.496 e. The highest BCUT2D eigenvalue weighted by molar-refractivity contribution is 7.94. The van der Waals surface area contributed by atoms with Crippen LogP contribution in [-0.4, -0.2) is 33.1 Å². The van der Waals surface area contributed by atoms with Crippen molar-refractivity contribution in [3.05, 3.63) is 58.6 Å². The number of benzene rings is 2. The lowest BCUT2D eigenvalue weighted by atomic mass is 9.95. The van der Waals surface area contributed by atoms with Crippen LogP contribution in [0.3, 0.4) is 0 Å². The Hall–Kier alpha value is -2.58. The van der Waals surface area contributed by atoms with Crippen LogP contribution in [-0.2, 0) is 21.4 Å². The Labute approximate surface area is 174 Å². The second kappa shape index (κ2) is 7.68. The first-order chi connectivity index (χ1) is 13.6. The molecule has 2 aromatic carbocycles. The van der Waals surface area contributed by atoms with Crippen LogP contribution in [0, 0.1) is 5.41 Å². The van der Waals surface area contributed by atoms with Crippen molar-refractivity contribution in [1.82, 2.24) is 5.32 Å². The zero-order chi connectivity index (χ0) is 21.4. The lowest BCUT2D eigenvalue weighted by Crippen LogP contribution is -2.33. The molecule has 1 heterocycles. The molecule has 1 fully saturated rings. The molecule has 0 atom stereocenters. The maximum absolute atomic E-state index is 12.7. The molecule has 0 radical (unpaired) electrons. The van der Waals surface area contributed by atoms with E-state index < -0.39 is 27.3 Å². The van der Waals surface area contributed by atoms with Crippen LogP contribution < -0.4 is 14.4 Å². The summed E-state index contributed by atoms with van der Waals surface area (Å²) in [5.41, 5.74) is -0.0982. The number of nitrogens with zero attached hydrogens (tertiary/aromatic N) is 1. The summed E-state index contributed by atoms with van der Waals surface area (Å²) in [6, 6.07) is 11.4. The Kier molecular flexibility index (Phi) is 5.60. The lowest BCUT2D eigenvalue weighted by molar-refractivity contribution is -0.123. The molecule has 0 unspecified atom stereocenters. The second-order valence-electron chi connectivity index (χ2n) is 7.37. The molecule has 0 spiro atoms. The Bertz CT molecular complexity index is 1080. The normalized spacial score (nSPS) is 17.2. The van der Waals surface area contributed by atoms with Gasteiger partial charge in [0.05, 0.1) is 34.6 Å². The Morgan fingerprint density at radius 2 is 1.93 bits per heavy atom. The molecular formula is C20H21ClN2O5S. The largest absolute Gasteiger partial charge is 0.496 e. The van der Waals surface area contributed by atoms with Crippen molar-refractivity contribution >= 4 is 39.1 Å². The van der Waals surface area contributed by atoms with Gasteiger partial charge in [-0.1, -0.05) is 29.8 Å². The van der Waals surface area contributed by atoms with Crippen LogP contribution in [0.15, 0.2) is 42.5 Å². The van der Waals surface area contributed by atoms with Crippen molar-refractivity contribution in [2.75, 3.05) is 17.2 Å². The van der Waals surface area contributed by atoms with Gasteiger partial charge in [0.15, 0.2) is 0 Å². The van der Waals surface area contributed by atoms with E-state index in [0.29, 0.717) is 5.75 Å². The van der Waals surface area contributed by atoms with Crippen LogP contribution in [0.4, 0.5) is 5.69 Å². The Balaban J connectivity index is 1.88. The molecule has 1 aliphatic heterocycles. The average molecular weight is 437 g/mol. The fourth-order valence-electron chi connectivity index (χ4n) is 3.19. The molecule has 0 aromatic heterocycles. The van der Waals surface area contributed by atoms with Crippen molar-refractivity contribution in [2.45, 2.75) is 20.4 Å². The van der Waals surface area contributed by atoms with Crippen molar-refractivity contribution in [3.63, 3.8) is 0 Å². The highest BCUT2D eigenvalue weighted by atomic mass is 35.5. The highest BCUT2D eigenvalue weighted by Crippen LogP contribution is 2.36. The minimum atomic E-state index is -3.82. The van der Waals surface area contributed by atoms with Gasteiger partial charge in [0.2, 0.25) is 15.9 Å². The van der Waals surface area contributed by atoms with E-state index in [2.05, 4.69) is 5.32 Å². The zero-order valence-electron chi connectivity index (χ0n) is 16.2. The number of ether oxygens (including phenoxy) is 1. The van der Waals surface area contributed by atoms with Gasteiger partial charge in [-0.25, -0.2) is 12.7 Å². The molecule has 1 aliphatic rings. The molecule has 3 rings (SSSR count). The van der Waals surface area contributed by atoms with Gasteiger partial charge in [-0.05, 0) is 38.1 Å². The third-order valence-corrected chi connectivity index (χ3v) is 6.99. The van der Waals surface area contributed by atoms with E-state index >= 15 is 0 Å². The molecule has 2 aromatic rings. The number of carbonyl (C=O) groups is 2. The maximum Gasteiger partial charge on any atom is 0.253 e. The number of para-hydroxylation sites is 1. The minimum absolute atomic E-state index is 0.0757. The summed E-state index contributed by atoms with van der Waals surface area (Å²) in [4.78, 5) is 25.3. The van der Waals surface area contributed by atoms with Crippen LogP contribution in [0.1, 0.15) is 29.8 Å². The molecule has 154 valence electrons. The molecule has 0 aliphatic carbocycles. The summed E-state index contributed by atoms with van der Waals surface area (Å²) >= 11 is 6.16. The molecule has 2 amide bonds. The van der Waals surface area contributed by atoms with Crippen molar-refractivity contribution in [1.29, 1.82) is 0 Å². The summed E-state index contributed by atoms with van der Waals surface area (Å²) in [5, 5.41) is 2.89. The summed E-state index contributed by atoms with van der Waals surface area (Å²) in [7, 11) is -2.29. The first-order valence-corrected chi connectivity index (χ1v) is 10.8. The van der Waals surface area contributed by atoms with E-state index in [1.165, 1.54) is 25.3 Å². The van der Waals surface area contributed by atoms with E-state index in [1.807, 2.05) is 18.2 Å². The van der Waals surface area contributed by atoms with Crippen molar-refractivity contribution in [2.24, 2.45) is 5.41 Å². The standard InChI is InChI=1S/C20H21ClN2O5S/c1-20(2)12-29(26,27)23(19(20)25)14-8-9-16(21)15(10-14)18(24)22-11-13-6-4-5-7-17(13)28-3/h4-10H,11-12H2,1-3H3,(H,22,24). The lowest BCUT2D eigenvalue weighted by Gasteiger charge is -2.18. The van der Waals surface area contributed by atoms with E-state index in [-0.39, 0.29) is 28.6 Å². The van der Waals surface area contributed by atoms with Crippen molar-refractivity contribution in [3.8, 4) is 5.75 Å². The van der Waals surface area contributed by atoms with Gasteiger partial charge in [0, 0.05) is 12.1 Å². The number of anilines is 1. The van der Waals surface area contributed by atoms with Crippen LogP contribution >= 0.6 is 11.6 Å². The summed E-state index contributed by atoms with van der Waals surface area (Å²) in [5.74, 6) is -0.702. The number of nitrogens with one attached hydrogen (secondary N) is 1. The number of hydrogen-bond donors (Lipinski definition) is 1. The topological polar surface area (TPSA) is 92.8 Å². The molecule has 1 N–H and O–H groups in total. The first kappa shape index (κ1) is 21.1. The van der Waals surface area contributed by atoms with E-state index in [4.69, 9.17) is 16.3 Å². The molecule has 9 heteroatoms. The van der Waals surface area contributed by atoms with Crippen molar-refractivity contribution < 1.29 is 22.7 Å². The number of carbonyl (C=O) groups excluding carboxylic acids is 2. The fraction of sp³-hybridized carbons (Fsp3) is 0.300. The smallest absolute Gasteiger partial charge is 0.253 e. The van der Waals surface area contributed by atoms with Crippen LogP contribution in [0.25, 0.3) is 0 Å². The van der Waals surface area contributed by atoms with Gasteiger partial charge < -0.3 is 10.1 Å². The highest BCUT2D eigenvalue weighted by Gasteiger charge is 2.50. The number of rotatable bonds is 5. The Morgan fingerprint density at radius 3 is 2.55 bits per heavy atom. The Morgan fingerprint density at radius 1 is 1.24 bits per heavy atom. The van der Waals surface area contributed by atoms with Gasteiger partial charge >= 0.3 is 0 Å². The van der Waals surface area contributed by atoms with Gasteiger partial charge in [-0.15, -0.1) is 0 Å². The SMILES string of the molecule is COc1ccccc1CNC(=O)c1cc(N2C(=O)C(C)(C)CS2(=O)=O)ccc1Cl. The predicted molar refractivity (Wildman–Crippen MR) is 111 cm³/mol. The quantitative estimate of drug-likeness (QED) is 0.777. The van der Waals surface area contributed by atoms with Gasteiger partial charge in [-0.2, -0.15) is 0 Å². The number of halogens is 1. The van der Waals surface area contributed by atoms with E-state index in [9.17, 15) is 18.0 Å². The third kappa shape index (κ3) is 4.09. The van der Waals surface area contributed by atoms with Crippen LogP contribution in [0.2, 0.25) is 5.02 Å². The third-order valence-electron chi connectivity index (χ3n) is 4.65. The number of amides is 2. The van der Waals surface area contributed by atoms with Gasteiger partial charge in [0.1, 0.15) is 5.75 Å². The first-order valence-electron chi connectivity index (χ1n) is 8.84. The molecular weight excluding hydrogens is 416 g/mol. The second-order valence-corrected chi connectivity index (χ2v) is 9.59. The molecule has 1 saturated heterocycles. The van der Waals surface area contributed by atoms with Gasteiger partial charge in [0.25, 0.3) is 5.91 Å². The van der Waals surface area contributed by atoms with Crippen LogP contribution in [0.5, 0.6) is 5.75 Å².